The normalized spacial score (nSPS) is 17.6. The molecule has 1 heterocycles. The summed E-state index contributed by atoms with van der Waals surface area (Å²) in [5.41, 5.74) is 5.50. The fourth-order valence-electron chi connectivity index (χ4n) is 1.69. The van der Waals surface area contributed by atoms with E-state index in [-0.39, 0.29) is 37.2 Å². The van der Waals surface area contributed by atoms with Crippen molar-refractivity contribution in [2.75, 3.05) is 39.3 Å². The maximum absolute atomic E-state index is 5.50. The van der Waals surface area contributed by atoms with E-state index in [0.717, 1.165) is 13.1 Å². The van der Waals surface area contributed by atoms with Crippen molar-refractivity contribution in [3.8, 4) is 0 Å². The molecular formula is C9H24Cl3N3. The Bertz CT molecular complexity index is 128. The average Bonchev–Trinajstić information content (AvgIpc) is 2.06. The van der Waals surface area contributed by atoms with Crippen LogP contribution in [0.15, 0.2) is 0 Å². The van der Waals surface area contributed by atoms with Gasteiger partial charge in [0, 0.05) is 45.3 Å². The Kier molecular flexibility index (Phi) is 15.8. The van der Waals surface area contributed by atoms with Crippen LogP contribution in [0.5, 0.6) is 0 Å². The van der Waals surface area contributed by atoms with Crippen molar-refractivity contribution in [1.82, 2.24) is 9.80 Å². The van der Waals surface area contributed by atoms with Crippen molar-refractivity contribution < 1.29 is 0 Å². The minimum atomic E-state index is 0. The van der Waals surface area contributed by atoms with Crippen LogP contribution in [-0.2, 0) is 0 Å². The van der Waals surface area contributed by atoms with Gasteiger partial charge in [0.1, 0.15) is 0 Å². The molecule has 0 atom stereocenters. The Hall–Kier alpha value is 0.750. The number of halogens is 3. The minimum Gasteiger partial charge on any atom is -0.329 e. The van der Waals surface area contributed by atoms with Crippen LogP contribution in [0.4, 0.5) is 0 Å². The van der Waals surface area contributed by atoms with Gasteiger partial charge >= 0.3 is 0 Å². The molecule has 1 fully saturated rings. The standard InChI is InChI=1S/C9H21N3.3ClH/c1-9(2)12-7-5-11(4-3-10)6-8-12;;;/h9H,3-8,10H2,1-2H3;3*1H. The summed E-state index contributed by atoms with van der Waals surface area (Å²) in [7, 11) is 0. The van der Waals surface area contributed by atoms with Crippen molar-refractivity contribution in [1.29, 1.82) is 0 Å². The SMILES string of the molecule is CC(C)N1CCN(CCN)CC1.Cl.Cl.Cl. The second-order valence-electron chi connectivity index (χ2n) is 3.76. The molecule has 1 rings (SSSR count). The number of hydrogen-bond acceptors (Lipinski definition) is 3. The van der Waals surface area contributed by atoms with Gasteiger partial charge in [0.05, 0.1) is 0 Å². The zero-order valence-electron chi connectivity index (χ0n) is 9.52. The van der Waals surface area contributed by atoms with Crippen molar-refractivity contribution in [3.05, 3.63) is 0 Å². The minimum absolute atomic E-state index is 0. The molecule has 0 unspecified atom stereocenters. The van der Waals surface area contributed by atoms with E-state index >= 15 is 0 Å². The average molecular weight is 281 g/mol. The second kappa shape index (κ2) is 11.2. The Balaban J connectivity index is -0.000000480. The molecule has 0 aromatic carbocycles. The van der Waals surface area contributed by atoms with Crippen molar-refractivity contribution >= 4 is 37.2 Å². The van der Waals surface area contributed by atoms with Crippen molar-refractivity contribution in [3.63, 3.8) is 0 Å². The smallest absolute Gasteiger partial charge is 0.0113 e. The largest absolute Gasteiger partial charge is 0.329 e. The highest BCUT2D eigenvalue weighted by Gasteiger charge is 2.17. The van der Waals surface area contributed by atoms with Gasteiger partial charge in [-0.1, -0.05) is 0 Å². The Morgan fingerprint density at radius 3 is 1.80 bits per heavy atom. The van der Waals surface area contributed by atoms with Crippen LogP contribution in [0, 0.1) is 0 Å². The molecule has 0 spiro atoms. The zero-order chi connectivity index (χ0) is 8.97. The van der Waals surface area contributed by atoms with E-state index in [1.165, 1.54) is 26.2 Å². The molecule has 1 aliphatic heterocycles. The molecule has 0 bridgehead atoms. The zero-order valence-corrected chi connectivity index (χ0v) is 12.0. The lowest BCUT2D eigenvalue weighted by molar-refractivity contribution is 0.111. The molecule has 0 aromatic rings. The first-order valence-corrected chi connectivity index (χ1v) is 4.90. The Morgan fingerprint density at radius 2 is 1.47 bits per heavy atom. The fourth-order valence-corrected chi connectivity index (χ4v) is 1.69. The monoisotopic (exact) mass is 279 g/mol. The highest BCUT2D eigenvalue weighted by molar-refractivity contribution is 5.86. The fraction of sp³-hybridized carbons (Fsp3) is 1.00. The van der Waals surface area contributed by atoms with Gasteiger partial charge in [-0.3, -0.25) is 9.80 Å². The summed E-state index contributed by atoms with van der Waals surface area (Å²) in [5.74, 6) is 0. The number of hydrogen-bond donors (Lipinski definition) is 1. The third-order valence-electron chi connectivity index (χ3n) is 2.58. The first-order valence-electron chi connectivity index (χ1n) is 4.90. The van der Waals surface area contributed by atoms with E-state index < -0.39 is 0 Å². The molecule has 3 nitrogen and oxygen atoms in total. The predicted molar refractivity (Wildman–Crippen MR) is 73.9 cm³/mol. The molecule has 2 N–H and O–H groups in total. The van der Waals surface area contributed by atoms with Crippen LogP contribution in [0.1, 0.15) is 13.8 Å². The first kappa shape index (κ1) is 21.1. The molecule has 0 aliphatic carbocycles. The van der Waals surface area contributed by atoms with Gasteiger partial charge in [-0.2, -0.15) is 0 Å². The Labute approximate surface area is 112 Å². The maximum atomic E-state index is 5.50. The van der Waals surface area contributed by atoms with Gasteiger partial charge < -0.3 is 5.73 Å². The van der Waals surface area contributed by atoms with Crippen LogP contribution in [0.25, 0.3) is 0 Å². The van der Waals surface area contributed by atoms with E-state index in [9.17, 15) is 0 Å². The molecule has 15 heavy (non-hydrogen) atoms. The van der Waals surface area contributed by atoms with E-state index in [4.69, 9.17) is 5.73 Å². The van der Waals surface area contributed by atoms with Gasteiger partial charge in [0.15, 0.2) is 0 Å². The van der Waals surface area contributed by atoms with Crippen LogP contribution >= 0.6 is 37.2 Å². The number of nitrogens with two attached hydrogens (primary N) is 1. The topological polar surface area (TPSA) is 32.5 Å². The van der Waals surface area contributed by atoms with E-state index in [2.05, 4.69) is 23.6 Å². The quantitative estimate of drug-likeness (QED) is 0.844. The highest BCUT2D eigenvalue weighted by atomic mass is 35.5. The summed E-state index contributed by atoms with van der Waals surface area (Å²) in [6.45, 7) is 11.2. The lowest BCUT2D eigenvalue weighted by Crippen LogP contribution is -2.49. The molecule has 0 saturated carbocycles. The van der Waals surface area contributed by atoms with Crippen molar-refractivity contribution in [2.45, 2.75) is 19.9 Å². The summed E-state index contributed by atoms with van der Waals surface area (Å²) in [6, 6.07) is 0.699. The molecule has 96 valence electrons. The third-order valence-corrected chi connectivity index (χ3v) is 2.58. The number of rotatable bonds is 3. The van der Waals surface area contributed by atoms with Crippen molar-refractivity contribution in [2.24, 2.45) is 5.73 Å². The van der Waals surface area contributed by atoms with E-state index in [0.29, 0.717) is 6.04 Å². The number of nitrogens with zero attached hydrogens (tertiary/aromatic N) is 2. The summed E-state index contributed by atoms with van der Waals surface area (Å²) in [5, 5.41) is 0. The maximum Gasteiger partial charge on any atom is 0.0113 e. The van der Waals surface area contributed by atoms with E-state index in [1.807, 2.05) is 0 Å². The summed E-state index contributed by atoms with van der Waals surface area (Å²) < 4.78 is 0. The number of piperazine rings is 1. The lowest BCUT2D eigenvalue weighted by Gasteiger charge is -2.36. The summed E-state index contributed by atoms with van der Waals surface area (Å²) in [6.07, 6.45) is 0. The summed E-state index contributed by atoms with van der Waals surface area (Å²) in [4.78, 5) is 4.96. The second-order valence-corrected chi connectivity index (χ2v) is 3.76. The van der Waals surface area contributed by atoms with Crippen LogP contribution in [0.3, 0.4) is 0 Å². The van der Waals surface area contributed by atoms with Gasteiger partial charge in [-0.25, -0.2) is 0 Å². The third kappa shape index (κ3) is 7.61. The van der Waals surface area contributed by atoms with E-state index in [1.54, 1.807) is 0 Å². The molecular weight excluding hydrogens is 256 g/mol. The highest BCUT2D eigenvalue weighted by Crippen LogP contribution is 2.04. The van der Waals surface area contributed by atoms with Crippen LogP contribution in [0.2, 0.25) is 0 Å². The molecule has 0 aromatic heterocycles. The Morgan fingerprint density at radius 1 is 1.00 bits per heavy atom. The van der Waals surface area contributed by atoms with Gasteiger partial charge in [0.25, 0.3) is 0 Å². The lowest BCUT2D eigenvalue weighted by atomic mass is 10.2. The molecule has 0 radical (unpaired) electrons. The molecule has 1 aliphatic rings. The van der Waals surface area contributed by atoms with Crippen LogP contribution in [-0.4, -0.2) is 55.1 Å². The predicted octanol–water partition coefficient (Wildman–Crippen LogP) is 1.24. The van der Waals surface area contributed by atoms with Gasteiger partial charge in [-0.15, -0.1) is 37.2 Å². The summed E-state index contributed by atoms with van der Waals surface area (Å²) >= 11 is 0. The molecule has 0 amide bonds. The first-order chi connectivity index (χ1) is 5.74. The molecule has 6 heteroatoms. The van der Waals surface area contributed by atoms with Crippen LogP contribution < -0.4 is 5.73 Å². The van der Waals surface area contributed by atoms with Gasteiger partial charge in [-0.05, 0) is 13.8 Å². The molecule has 1 saturated heterocycles. The van der Waals surface area contributed by atoms with Gasteiger partial charge in [0.2, 0.25) is 0 Å².